The van der Waals surface area contributed by atoms with Gasteiger partial charge in [-0.3, -0.25) is 0 Å². The molecule has 8 heavy (non-hydrogen) atoms. The van der Waals surface area contributed by atoms with E-state index in [1.807, 2.05) is 6.92 Å². The summed E-state index contributed by atoms with van der Waals surface area (Å²) >= 11 is 0. The summed E-state index contributed by atoms with van der Waals surface area (Å²) in [6.45, 7) is 5.14. The Bertz CT molecular complexity index is 68.9. The van der Waals surface area contributed by atoms with Gasteiger partial charge in [0.2, 0.25) is 0 Å². The smallest absolute Gasteiger partial charge is 0.199 e. The molecule has 1 radical (unpaired) electrons. The van der Waals surface area contributed by atoms with Crippen molar-refractivity contribution in [2.45, 2.75) is 13.3 Å². The van der Waals surface area contributed by atoms with Crippen molar-refractivity contribution < 1.29 is 9.13 Å². The van der Waals surface area contributed by atoms with Crippen LogP contribution in [0.4, 0.5) is 4.39 Å². The Morgan fingerprint density at radius 2 is 2.50 bits per heavy atom. The number of ether oxygens (including phenoxy) is 1. The lowest BCUT2D eigenvalue weighted by Crippen LogP contribution is -1.99. The van der Waals surface area contributed by atoms with E-state index in [-0.39, 0.29) is 0 Å². The lowest BCUT2D eigenvalue weighted by molar-refractivity contribution is 0.0108. The van der Waals surface area contributed by atoms with Crippen LogP contribution in [0.3, 0.4) is 0 Å². The van der Waals surface area contributed by atoms with E-state index < -0.39 is 6.36 Å². The molecule has 1 unspecified atom stereocenters. The molecule has 0 aromatic heterocycles. The molecule has 0 aromatic carbocycles. The van der Waals surface area contributed by atoms with Gasteiger partial charge in [-0.05, 0) is 6.92 Å². The van der Waals surface area contributed by atoms with E-state index in [2.05, 4.69) is 11.7 Å². The first-order valence-corrected chi connectivity index (χ1v) is 2.47. The van der Waals surface area contributed by atoms with Gasteiger partial charge in [-0.1, -0.05) is 12.2 Å². The number of allylic oxidation sites excluding steroid dienone is 1. The minimum Gasteiger partial charge on any atom is -0.344 e. The SMILES string of the molecule is [CH2]C(F)OCC=CC. The fourth-order valence-electron chi connectivity index (χ4n) is 0.256. The molecule has 47 valence electrons. The first-order valence-electron chi connectivity index (χ1n) is 2.47. The van der Waals surface area contributed by atoms with Gasteiger partial charge < -0.3 is 4.74 Å². The van der Waals surface area contributed by atoms with Gasteiger partial charge in [-0.25, -0.2) is 4.39 Å². The molecular formula is C6H10FO. The summed E-state index contributed by atoms with van der Waals surface area (Å²) < 4.78 is 16.1. The maximum Gasteiger partial charge on any atom is 0.199 e. The summed E-state index contributed by atoms with van der Waals surface area (Å²) in [5.41, 5.74) is 0. The Balaban J connectivity index is 2.93. The average molecular weight is 117 g/mol. The van der Waals surface area contributed by atoms with Crippen LogP contribution >= 0.6 is 0 Å². The van der Waals surface area contributed by atoms with Crippen LogP contribution < -0.4 is 0 Å². The molecule has 1 nitrogen and oxygen atoms in total. The molecule has 0 aliphatic carbocycles. The van der Waals surface area contributed by atoms with Crippen molar-refractivity contribution in [2.75, 3.05) is 6.61 Å². The van der Waals surface area contributed by atoms with Crippen LogP contribution in [0.15, 0.2) is 12.2 Å². The molecule has 0 amide bonds. The molecule has 0 aromatic rings. The highest BCUT2D eigenvalue weighted by molar-refractivity contribution is 4.76. The van der Waals surface area contributed by atoms with Gasteiger partial charge in [0.15, 0.2) is 6.36 Å². The normalized spacial score (nSPS) is 14.9. The lowest BCUT2D eigenvalue weighted by Gasteiger charge is -1.97. The van der Waals surface area contributed by atoms with Crippen molar-refractivity contribution in [2.24, 2.45) is 0 Å². The first-order chi connectivity index (χ1) is 3.77. The summed E-state index contributed by atoms with van der Waals surface area (Å²) in [6, 6.07) is 0. The largest absolute Gasteiger partial charge is 0.344 e. The third-order valence-electron chi connectivity index (χ3n) is 0.609. The molecule has 2 heteroatoms. The summed E-state index contributed by atoms with van der Waals surface area (Å²) in [7, 11) is 0. The van der Waals surface area contributed by atoms with Gasteiger partial charge in [0.25, 0.3) is 0 Å². The Kier molecular flexibility index (Phi) is 4.56. The Morgan fingerprint density at radius 3 is 2.88 bits per heavy atom. The van der Waals surface area contributed by atoms with Crippen LogP contribution in [-0.4, -0.2) is 13.0 Å². The number of halogens is 1. The van der Waals surface area contributed by atoms with E-state index in [0.29, 0.717) is 6.61 Å². The molecule has 0 heterocycles. The van der Waals surface area contributed by atoms with Crippen LogP contribution in [0.2, 0.25) is 0 Å². The van der Waals surface area contributed by atoms with Crippen molar-refractivity contribution in [3.05, 3.63) is 19.1 Å². The van der Waals surface area contributed by atoms with E-state index in [1.165, 1.54) is 0 Å². The van der Waals surface area contributed by atoms with Gasteiger partial charge in [-0.15, -0.1) is 0 Å². The second kappa shape index (κ2) is 4.78. The van der Waals surface area contributed by atoms with Gasteiger partial charge in [0, 0.05) is 6.92 Å². The van der Waals surface area contributed by atoms with Crippen molar-refractivity contribution >= 4 is 0 Å². The predicted molar refractivity (Wildman–Crippen MR) is 31.0 cm³/mol. The molecule has 0 N–H and O–H groups in total. The van der Waals surface area contributed by atoms with Crippen LogP contribution in [0.25, 0.3) is 0 Å². The fourth-order valence-corrected chi connectivity index (χ4v) is 0.256. The molecule has 0 aliphatic rings. The van der Waals surface area contributed by atoms with Crippen molar-refractivity contribution in [1.82, 2.24) is 0 Å². The van der Waals surface area contributed by atoms with Crippen molar-refractivity contribution in [3.8, 4) is 0 Å². The number of alkyl halides is 1. The van der Waals surface area contributed by atoms with Crippen LogP contribution in [0.1, 0.15) is 6.92 Å². The third kappa shape index (κ3) is 5.63. The predicted octanol–water partition coefficient (Wildman–Crippen LogP) is 1.71. The zero-order valence-electron chi connectivity index (χ0n) is 4.93. The Labute approximate surface area is 49.2 Å². The van der Waals surface area contributed by atoms with E-state index in [9.17, 15) is 4.39 Å². The zero-order chi connectivity index (χ0) is 6.41. The second-order valence-electron chi connectivity index (χ2n) is 1.31. The van der Waals surface area contributed by atoms with Crippen LogP contribution in [-0.2, 0) is 4.74 Å². The molecule has 0 fully saturated rings. The van der Waals surface area contributed by atoms with Gasteiger partial charge in [-0.2, -0.15) is 0 Å². The highest BCUT2D eigenvalue weighted by Gasteiger charge is 1.90. The minimum atomic E-state index is -1.40. The van der Waals surface area contributed by atoms with E-state index in [1.54, 1.807) is 12.2 Å². The molecule has 0 saturated carbocycles. The number of rotatable bonds is 3. The lowest BCUT2D eigenvalue weighted by atomic mass is 10.5. The molecule has 1 atom stereocenters. The van der Waals surface area contributed by atoms with Crippen LogP contribution in [0.5, 0.6) is 0 Å². The van der Waals surface area contributed by atoms with E-state index in [4.69, 9.17) is 0 Å². The topological polar surface area (TPSA) is 9.23 Å². The van der Waals surface area contributed by atoms with Crippen molar-refractivity contribution in [1.29, 1.82) is 0 Å². The molecule has 0 spiro atoms. The van der Waals surface area contributed by atoms with Gasteiger partial charge in [0.05, 0.1) is 6.61 Å². The second-order valence-corrected chi connectivity index (χ2v) is 1.31. The van der Waals surface area contributed by atoms with Crippen LogP contribution in [0, 0.1) is 6.92 Å². The van der Waals surface area contributed by atoms with E-state index in [0.717, 1.165) is 0 Å². The molecule has 0 rings (SSSR count). The highest BCUT2D eigenvalue weighted by Crippen LogP contribution is 1.88. The third-order valence-corrected chi connectivity index (χ3v) is 0.609. The highest BCUT2D eigenvalue weighted by atomic mass is 19.1. The molecule has 0 saturated heterocycles. The molecular weight excluding hydrogens is 107 g/mol. The number of hydrogen-bond acceptors (Lipinski definition) is 1. The average Bonchev–Trinajstić information content (AvgIpc) is 1.66. The zero-order valence-corrected chi connectivity index (χ0v) is 4.93. The fraction of sp³-hybridized carbons (Fsp3) is 0.500. The summed E-state index contributed by atoms with van der Waals surface area (Å²) in [5.74, 6) is 0. The monoisotopic (exact) mass is 117 g/mol. The van der Waals surface area contributed by atoms with Gasteiger partial charge >= 0.3 is 0 Å². The summed E-state index contributed by atoms with van der Waals surface area (Å²) in [5, 5.41) is 0. The molecule has 0 aliphatic heterocycles. The van der Waals surface area contributed by atoms with E-state index >= 15 is 0 Å². The molecule has 0 bridgehead atoms. The minimum absolute atomic E-state index is 0.307. The maximum absolute atomic E-state index is 11.7. The summed E-state index contributed by atoms with van der Waals surface area (Å²) in [6.07, 6.45) is 2.12. The standard InChI is InChI=1S/C6H10FO/c1-3-4-5-8-6(2)7/h3-4,6H,2,5H2,1H3. The Morgan fingerprint density at radius 1 is 1.88 bits per heavy atom. The maximum atomic E-state index is 11.7. The van der Waals surface area contributed by atoms with Gasteiger partial charge in [0.1, 0.15) is 0 Å². The van der Waals surface area contributed by atoms with Crippen molar-refractivity contribution in [3.63, 3.8) is 0 Å². The Hall–Kier alpha value is -0.370. The first kappa shape index (κ1) is 7.63. The number of hydrogen-bond donors (Lipinski definition) is 0. The summed E-state index contributed by atoms with van der Waals surface area (Å²) in [4.78, 5) is 0. The quantitative estimate of drug-likeness (QED) is 0.511.